The highest BCUT2D eigenvalue weighted by Gasteiger charge is 2.09. The third-order valence-electron chi connectivity index (χ3n) is 1.71. The van der Waals surface area contributed by atoms with Crippen LogP contribution in [0.3, 0.4) is 0 Å². The molecule has 2 heteroatoms. The van der Waals surface area contributed by atoms with E-state index in [1.54, 1.807) is 6.08 Å². The van der Waals surface area contributed by atoms with Crippen molar-refractivity contribution in [1.29, 1.82) is 5.26 Å². The highest BCUT2D eigenvalue weighted by atomic mass is 16.5. The van der Waals surface area contributed by atoms with Crippen molar-refractivity contribution in [3.05, 3.63) is 12.2 Å². The third kappa shape index (κ3) is 2.20. The van der Waals surface area contributed by atoms with E-state index in [1.165, 1.54) is 0 Å². The summed E-state index contributed by atoms with van der Waals surface area (Å²) in [6.45, 7) is 1.70. The van der Waals surface area contributed by atoms with Crippen LogP contribution < -0.4 is 0 Å². The summed E-state index contributed by atoms with van der Waals surface area (Å²) in [5.74, 6) is 0.577. The maximum atomic E-state index is 8.23. The molecule has 0 aromatic carbocycles. The van der Waals surface area contributed by atoms with Crippen LogP contribution in [0, 0.1) is 17.2 Å². The predicted octanol–water partition coefficient (Wildman–Crippen LogP) is 1.49. The summed E-state index contributed by atoms with van der Waals surface area (Å²) in [7, 11) is 0. The highest BCUT2D eigenvalue weighted by Crippen LogP contribution is 2.15. The lowest BCUT2D eigenvalue weighted by Crippen LogP contribution is -2.13. The number of hydrogen-bond donors (Lipinski definition) is 0. The van der Waals surface area contributed by atoms with Crippen LogP contribution >= 0.6 is 0 Å². The quantitative estimate of drug-likeness (QED) is 0.513. The first-order valence-electron chi connectivity index (χ1n) is 3.57. The number of nitriles is 1. The second kappa shape index (κ2) is 4.08. The predicted molar refractivity (Wildman–Crippen MR) is 38.3 cm³/mol. The van der Waals surface area contributed by atoms with Gasteiger partial charge in [0.15, 0.2) is 0 Å². The van der Waals surface area contributed by atoms with Crippen molar-refractivity contribution in [2.45, 2.75) is 12.8 Å². The van der Waals surface area contributed by atoms with E-state index in [0.29, 0.717) is 5.92 Å². The van der Waals surface area contributed by atoms with Gasteiger partial charge in [0.1, 0.15) is 0 Å². The summed E-state index contributed by atoms with van der Waals surface area (Å²) >= 11 is 0. The van der Waals surface area contributed by atoms with Gasteiger partial charge in [-0.3, -0.25) is 0 Å². The van der Waals surface area contributed by atoms with E-state index in [2.05, 4.69) is 0 Å². The number of allylic oxidation sites excluding steroid dienone is 2. The number of rotatable bonds is 1. The molecule has 0 amide bonds. The Kier molecular flexibility index (Phi) is 2.98. The van der Waals surface area contributed by atoms with E-state index in [0.717, 1.165) is 26.1 Å². The van der Waals surface area contributed by atoms with Crippen LogP contribution in [0.1, 0.15) is 12.8 Å². The van der Waals surface area contributed by atoms with Crippen LogP contribution in [-0.2, 0) is 4.74 Å². The van der Waals surface area contributed by atoms with Gasteiger partial charge in [-0.2, -0.15) is 5.26 Å². The molecule has 1 saturated heterocycles. The minimum Gasteiger partial charge on any atom is -0.381 e. The lowest BCUT2D eigenvalue weighted by atomic mass is 10.0. The fourth-order valence-electron chi connectivity index (χ4n) is 1.09. The molecule has 2 nitrogen and oxygen atoms in total. The summed E-state index contributed by atoms with van der Waals surface area (Å²) < 4.78 is 5.16. The van der Waals surface area contributed by atoms with Crippen LogP contribution in [0.15, 0.2) is 12.2 Å². The summed E-state index contributed by atoms with van der Waals surface area (Å²) in [5, 5.41) is 8.23. The summed E-state index contributed by atoms with van der Waals surface area (Å²) in [6.07, 6.45) is 5.68. The normalized spacial score (nSPS) is 21.1. The van der Waals surface area contributed by atoms with Crippen LogP contribution in [0.4, 0.5) is 0 Å². The number of hydrogen-bond acceptors (Lipinski definition) is 2. The average Bonchev–Trinajstić information content (AvgIpc) is 2.03. The van der Waals surface area contributed by atoms with Crippen molar-refractivity contribution in [1.82, 2.24) is 0 Å². The second-order valence-corrected chi connectivity index (χ2v) is 2.44. The number of ether oxygens (including phenoxy) is 1. The van der Waals surface area contributed by atoms with Crippen molar-refractivity contribution in [3.8, 4) is 6.07 Å². The average molecular weight is 137 g/mol. The molecule has 1 heterocycles. The Morgan fingerprint density at radius 3 is 2.70 bits per heavy atom. The van der Waals surface area contributed by atoms with Gasteiger partial charge in [-0.25, -0.2) is 0 Å². The zero-order chi connectivity index (χ0) is 7.23. The Morgan fingerprint density at radius 2 is 2.10 bits per heavy atom. The van der Waals surface area contributed by atoms with E-state index < -0.39 is 0 Å². The van der Waals surface area contributed by atoms with Crippen LogP contribution in [0.2, 0.25) is 0 Å². The lowest BCUT2D eigenvalue weighted by molar-refractivity contribution is 0.0785. The van der Waals surface area contributed by atoms with Crippen molar-refractivity contribution < 1.29 is 4.74 Å². The molecule has 0 unspecified atom stereocenters. The maximum absolute atomic E-state index is 8.23. The highest BCUT2D eigenvalue weighted by molar-refractivity contribution is 5.04. The van der Waals surface area contributed by atoms with Crippen molar-refractivity contribution in [2.75, 3.05) is 13.2 Å². The molecule has 0 saturated carbocycles. The molecule has 0 radical (unpaired) electrons. The Balaban J connectivity index is 2.27. The summed E-state index contributed by atoms with van der Waals surface area (Å²) in [5.41, 5.74) is 0. The SMILES string of the molecule is N#CC=CC1CCOCC1. The molecule has 0 aromatic heterocycles. The van der Waals surface area contributed by atoms with E-state index in [1.807, 2.05) is 12.1 Å². The van der Waals surface area contributed by atoms with E-state index >= 15 is 0 Å². The number of nitrogens with zero attached hydrogens (tertiary/aromatic N) is 1. The van der Waals surface area contributed by atoms with Gasteiger partial charge in [0.05, 0.1) is 6.07 Å². The molecule has 0 N–H and O–H groups in total. The van der Waals surface area contributed by atoms with Gasteiger partial charge >= 0.3 is 0 Å². The zero-order valence-electron chi connectivity index (χ0n) is 5.92. The van der Waals surface area contributed by atoms with Gasteiger partial charge < -0.3 is 4.74 Å². The molecular weight excluding hydrogens is 126 g/mol. The van der Waals surface area contributed by atoms with Gasteiger partial charge in [0.2, 0.25) is 0 Å². The monoisotopic (exact) mass is 137 g/mol. The van der Waals surface area contributed by atoms with Gasteiger partial charge in [-0.05, 0) is 18.8 Å². The Morgan fingerprint density at radius 1 is 1.40 bits per heavy atom. The topological polar surface area (TPSA) is 33.0 Å². The molecule has 1 rings (SSSR count). The largest absolute Gasteiger partial charge is 0.381 e. The second-order valence-electron chi connectivity index (χ2n) is 2.44. The lowest BCUT2D eigenvalue weighted by Gasteiger charge is -2.17. The molecule has 10 heavy (non-hydrogen) atoms. The molecule has 0 aliphatic carbocycles. The Bertz CT molecular complexity index is 151. The summed E-state index contributed by atoms with van der Waals surface area (Å²) in [4.78, 5) is 0. The van der Waals surface area contributed by atoms with Crippen molar-refractivity contribution >= 4 is 0 Å². The molecule has 1 aliphatic rings. The third-order valence-corrected chi connectivity index (χ3v) is 1.71. The smallest absolute Gasteiger partial charge is 0.0908 e. The first-order valence-corrected chi connectivity index (χ1v) is 3.57. The Labute approximate surface area is 61.1 Å². The molecule has 1 fully saturated rings. The van der Waals surface area contributed by atoms with Gasteiger partial charge in [0, 0.05) is 19.3 Å². The molecular formula is C8H11NO. The van der Waals surface area contributed by atoms with Crippen molar-refractivity contribution in [3.63, 3.8) is 0 Å². The van der Waals surface area contributed by atoms with Crippen molar-refractivity contribution in [2.24, 2.45) is 5.92 Å². The maximum Gasteiger partial charge on any atom is 0.0908 e. The van der Waals surface area contributed by atoms with E-state index in [9.17, 15) is 0 Å². The molecule has 0 aromatic rings. The van der Waals surface area contributed by atoms with E-state index in [4.69, 9.17) is 10.00 Å². The zero-order valence-corrected chi connectivity index (χ0v) is 5.92. The molecule has 54 valence electrons. The van der Waals surface area contributed by atoms with Crippen LogP contribution in [0.25, 0.3) is 0 Å². The van der Waals surface area contributed by atoms with Crippen LogP contribution in [-0.4, -0.2) is 13.2 Å². The van der Waals surface area contributed by atoms with E-state index in [-0.39, 0.29) is 0 Å². The first kappa shape index (κ1) is 7.30. The fourth-order valence-corrected chi connectivity index (χ4v) is 1.09. The molecule has 1 aliphatic heterocycles. The van der Waals surface area contributed by atoms with Crippen LogP contribution in [0.5, 0.6) is 0 Å². The minimum atomic E-state index is 0.577. The fraction of sp³-hybridized carbons (Fsp3) is 0.625. The molecule has 0 atom stereocenters. The Hall–Kier alpha value is -0.810. The van der Waals surface area contributed by atoms with Gasteiger partial charge in [-0.15, -0.1) is 0 Å². The summed E-state index contributed by atoms with van der Waals surface area (Å²) in [6, 6.07) is 1.99. The standard InChI is InChI=1S/C8H11NO/c9-5-1-2-8-3-6-10-7-4-8/h1-2,8H,3-4,6-7H2. The minimum absolute atomic E-state index is 0.577. The van der Waals surface area contributed by atoms with Gasteiger partial charge in [0.25, 0.3) is 0 Å². The first-order chi connectivity index (χ1) is 4.93. The van der Waals surface area contributed by atoms with Gasteiger partial charge in [-0.1, -0.05) is 6.08 Å². The molecule has 0 bridgehead atoms. The molecule has 0 spiro atoms.